The van der Waals surface area contributed by atoms with Gasteiger partial charge in [0.1, 0.15) is 0 Å². The lowest BCUT2D eigenvalue weighted by Crippen LogP contribution is -2.31. The van der Waals surface area contributed by atoms with Gasteiger partial charge in [-0.05, 0) is 25.3 Å². The molecule has 21 heavy (non-hydrogen) atoms. The summed E-state index contributed by atoms with van der Waals surface area (Å²) in [6, 6.07) is 10.1. The maximum Gasteiger partial charge on any atom is 0.225 e. The molecular weight excluding hydrogens is 266 g/mol. The van der Waals surface area contributed by atoms with E-state index in [0.717, 1.165) is 31.6 Å². The highest BCUT2D eigenvalue weighted by atomic mass is 16.5. The summed E-state index contributed by atoms with van der Waals surface area (Å²) >= 11 is 0. The SMILES string of the molecule is CCN(Cc1ccccc1)C(=O)CCOC[C@H]1CCCO1. The van der Waals surface area contributed by atoms with Crippen molar-refractivity contribution in [3.8, 4) is 0 Å². The van der Waals surface area contributed by atoms with Crippen LogP contribution in [0.25, 0.3) is 0 Å². The summed E-state index contributed by atoms with van der Waals surface area (Å²) in [5.74, 6) is 0.147. The first-order valence-electron chi connectivity index (χ1n) is 7.80. The maximum absolute atomic E-state index is 12.2. The molecule has 0 aliphatic carbocycles. The fraction of sp³-hybridized carbons (Fsp3) is 0.588. The van der Waals surface area contributed by atoms with Gasteiger partial charge in [-0.3, -0.25) is 4.79 Å². The lowest BCUT2D eigenvalue weighted by molar-refractivity contribution is -0.133. The van der Waals surface area contributed by atoms with Crippen LogP contribution in [-0.2, 0) is 20.8 Å². The molecule has 0 unspecified atom stereocenters. The van der Waals surface area contributed by atoms with Gasteiger partial charge in [0.2, 0.25) is 5.91 Å². The molecule has 1 atom stereocenters. The number of carbonyl (C=O) groups excluding carboxylic acids is 1. The van der Waals surface area contributed by atoms with E-state index in [1.165, 1.54) is 0 Å². The zero-order valence-corrected chi connectivity index (χ0v) is 12.8. The second-order valence-electron chi connectivity index (χ2n) is 5.35. The van der Waals surface area contributed by atoms with Crippen molar-refractivity contribution in [3.05, 3.63) is 35.9 Å². The fourth-order valence-corrected chi connectivity index (χ4v) is 2.49. The van der Waals surface area contributed by atoms with E-state index < -0.39 is 0 Å². The van der Waals surface area contributed by atoms with Crippen molar-refractivity contribution in [1.29, 1.82) is 0 Å². The Bertz CT molecular complexity index is 415. The smallest absolute Gasteiger partial charge is 0.225 e. The Morgan fingerprint density at radius 3 is 2.86 bits per heavy atom. The Morgan fingerprint density at radius 2 is 2.19 bits per heavy atom. The van der Waals surface area contributed by atoms with E-state index >= 15 is 0 Å². The van der Waals surface area contributed by atoms with E-state index in [4.69, 9.17) is 9.47 Å². The largest absolute Gasteiger partial charge is 0.378 e. The van der Waals surface area contributed by atoms with E-state index in [9.17, 15) is 4.79 Å². The molecule has 1 fully saturated rings. The van der Waals surface area contributed by atoms with Crippen molar-refractivity contribution >= 4 is 5.91 Å². The summed E-state index contributed by atoms with van der Waals surface area (Å²) in [7, 11) is 0. The summed E-state index contributed by atoms with van der Waals surface area (Å²) in [4.78, 5) is 14.1. The topological polar surface area (TPSA) is 38.8 Å². The van der Waals surface area contributed by atoms with Crippen LogP contribution in [0, 0.1) is 0 Å². The minimum Gasteiger partial charge on any atom is -0.378 e. The van der Waals surface area contributed by atoms with Gasteiger partial charge in [-0.2, -0.15) is 0 Å². The number of hydrogen-bond donors (Lipinski definition) is 0. The van der Waals surface area contributed by atoms with Gasteiger partial charge >= 0.3 is 0 Å². The molecule has 0 saturated carbocycles. The van der Waals surface area contributed by atoms with Crippen LogP contribution < -0.4 is 0 Å². The number of ether oxygens (including phenoxy) is 2. The maximum atomic E-state index is 12.2. The van der Waals surface area contributed by atoms with Gasteiger partial charge in [-0.1, -0.05) is 30.3 Å². The van der Waals surface area contributed by atoms with E-state index in [-0.39, 0.29) is 12.0 Å². The van der Waals surface area contributed by atoms with Crippen molar-refractivity contribution in [3.63, 3.8) is 0 Å². The summed E-state index contributed by atoms with van der Waals surface area (Å²) in [6.07, 6.45) is 2.86. The quantitative estimate of drug-likeness (QED) is 0.691. The lowest BCUT2D eigenvalue weighted by atomic mass is 10.2. The Morgan fingerprint density at radius 1 is 1.38 bits per heavy atom. The van der Waals surface area contributed by atoms with E-state index in [1.807, 2.05) is 42.2 Å². The van der Waals surface area contributed by atoms with Crippen molar-refractivity contribution < 1.29 is 14.3 Å². The monoisotopic (exact) mass is 291 g/mol. The van der Waals surface area contributed by atoms with Gasteiger partial charge in [0.25, 0.3) is 0 Å². The molecule has 1 saturated heterocycles. The first-order chi connectivity index (χ1) is 10.3. The van der Waals surface area contributed by atoms with E-state index in [1.54, 1.807) is 0 Å². The Labute approximate surface area is 127 Å². The van der Waals surface area contributed by atoms with Gasteiger partial charge in [0, 0.05) is 19.7 Å². The van der Waals surface area contributed by atoms with Crippen LogP contribution in [0.5, 0.6) is 0 Å². The zero-order chi connectivity index (χ0) is 14.9. The van der Waals surface area contributed by atoms with E-state index in [2.05, 4.69) is 0 Å². The first kappa shape index (κ1) is 16.0. The van der Waals surface area contributed by atoms with Gasteiger partial charge in [-0.25, -0.2) is 0 Å². The molecule has 4 nitrogen and oxygen atoms in total. The number of amides is 1. The molecule has 0 radical (unpaired) electrons. The van der Waals surface area contributed by atoms with Crippen LogP contribution in [0.1, 0.15) is 31.7 Å². The number of benzene rings is 1. The molecule has 0 aromatic heterocycles. The molecule has 1 aliphatic rings. The molecule has 1 amide bonds. The van der Waals surface area contributed by atoms with Gasteiger partial charge in [0.15, 0.2) is 0 Å². The molecule has 116 valence electrons. The molecule has 4 heteroatoms. The number of carbonyl (C=O) groups is 1. The van der Waals surface area contributed by atoms with E-state index in [0.29, 0.717) is 26.2 Å². The Balaban J connectivity index is 1.67. The Kier molecular flexibility index (Phi) is 6.70. The second-order valence-corrected chi connectivity index (χ2v) is 5.35. The minimum atomic E-state index is 0.147. The Hall–Kier alpha value is -1.39. The van der Waals surface area contributed by atoms with Crippen molar-refractivity contribution in [2.45, 2.75) is 38.8 Å². The molecule has 1 aromatic rings. The molecule has 1 heterocycles. The van der Waals surface area contributed by atoms with Crippen molar-refractivity contribution in [1.82, 2.24) is 4.90 Å². The highest BCUT2D eigenvalue weighted by molar-refractivity contribution is 5.76. The standard InChI is InChI=1S/C17H25NO3/c1-2-18(13-15-7-4-3-5-8-15)17(19)10-12-20-14-16-9-6-11-21-16/h3-5,7-8,16H,2,6,9-14H2,1H3/t16-/m1/s1. The zero-order valence-electron chi connectivity index (χ0n) is 12.8. The molecule has 0 spiro atoms. The van der Waals surface area contributed by atoms with Crippen LogP contribution in [0.2, 0.25) is 0 Å². The highest BCUT2D eigenvalue weighted by Gasteiger charge is 2.16. The number of nitrogens with zero attached hydrogens (tertiary/aromatic N) is 1. The van der Waals surface area contributed by atoms with Crippen molar-refractivity contribution in [2.75, 3.05) is 26.4 Å². The third-order valence-electron chi connectivity index (χ3n) is 3.74. The van der Waals surface area contributed by atoms with Crippen LogP contribution in [0.3, 0.4) is 0 Å². The third-order valence-corrected chi connectivity index (χ3v) is 3.74. The predicted molar refractivity (Wildman–Crippen MR) is 81.9 cm³/mol. The molecular formula is C17H25NO3. The highest BCUT2D eigenvalue weighted by Crippen LogP contribution is 2.12. The lowest BCUT2D eigenvalue weighted by Gasteiger charge is -2.21. The van der Waals surface area contributed by atoms with Gasteiger partial charge in [-0.15, -0.1) is 0 Å². The second kappa shape index (κ2) is 8.80. The van der Waals surface area contributed by atoms with Gasteiger partial charge in [0.05, 0.1) is 25.7 Å². The van der Waals surface area contributed by atoms with Crippen LogP contribution >= 0.6 is 0 Å². The van der Waals surface area contributed by atoms with Crippen molar-refractivity contribution in [2.24, 2.45) is 0 Å². The van der Waals surface area contributed by atoms with Crippen LogP contribution in [-0.4, -0.2) is 43.3 Å². The first-order valence-corrected chi connectivity index (χ1v) is 7.80. The predicted octanol–water partition coefficient (Wildman–Crippen LogP) is 2.62. The normalized spacial score (nSPS) is 17.9. The summed E-state index contributed by atoms with van der Waals surface area (Å²) in [5, 5.41) is 0. The molecule has 0 bridgehead atoms. The van der Waals surface area contributed by atoms with Crippen LogP contribution in [0.15, 0.2) is 30.3 Å². The molecule has 2 rings (SSSR count). The third kappa shape index (κ3) is 5.48. The average molecular weight is 291 g/mol. The number of rotatable bonds is 8. The van der Waals surface area contributed by atoms with Gasteiger partial charge < -0.3 is 14.4 Å². The fourth-order valence-electron chi connectivity index (χ4n) is 2.49. The summed E-state index contributed by atoms with van der Waals surface area (Å²) < 4.78 is 11.0. The average Bonchev–Trinajstić information content (AvgIpc) is 3.03. The molecule has 1 aromatic carbocycles. The van der Waals surface area contributed by atoms with Crippen LogP contribution in [0.4, 0.5) is 0 Å². The minimum absolute atomic E-state index is 0.147. The molecule has 1 aliphatic heterocycles. The summed E-state index contributed by atoms with van der Waals surface area (Å²) in [5.41, 5.74) is 1.16. The summed E-state index contributed by atoms with van der Waals surface area (Å²) in [6.45, 7) is 5.32. The number of hydrogen-bond acceptors (Lipinski definition) is 3. The molecule has 0 N–H and O–H groups in total.